The molecule has 0 unspecified atom stereocenters. The molecule has 2 heterocycles. The second kappa shape index (κ2) is 11.1. The molecule has 0 spiro atoms. The maximum absolute atomic E-state index is 12.7. The number of carbonyl (C=O) groups is 1. The molecule has 27 heavy (non-hydrogen) atoms. The molecule has 148 valence electrons. The number of carbonyl (C=O) groups excluding carboxylic acids is 1. The van der Waals surface area contributed by atoms with E-state index in [1.807, 2.05) is 36.4 Å². The number of nitrogens with one attached hydrogen (secondary N) is 1. The normalized spacial score (nSPS) is 15.0. The van der Waals surface area contributed by atoms with E-state index in [0.717, 1.165) is 5.56 Å². The zero-order chi connectivity index (χ0) is 17.5. The lowest BCUT2D eigenvalue weighted by Gasteiger charge is -2.34. The second-order valence-electron chi connectivity index (χ2n) is 6.23. The third-order valence-corrected chi connectivity index (χ3v) is 4.54. The number of anilines is 1. The molecule has 1 aliphatic heterocycles. The summed E-state index contributed by atoms with van der Waals surface area (Å²) in [5, 5.41) is 2.98. The number of hydrogen-bond acceptors (Lipinski definition) is 5. The van der Waals surface area contributed by atoms with Gasteiger partial charge in [0.05, 0.1) is 5.41 Å². The molecule has 3 N–H and O–H groups in total. The Hall–Kier alpha value is -1.86. The van der Waals surface area contributed by atoms with E-state index in [0.29, 0.717) is 50.6 Å². The molecule has 3 rings (SSSR count). The number of ether oxygens (including phenoxy) is 2. The van der Waals surface area contributed by atoms with Crippen molar-refractivity contribution in [3.63, 3.8) is 0 Å². The highest BCUT2D eigenvalue weighted by atomic mass is 35.5. The Morgan fingerprint density at radius 2 is 2.00 bits per heavy atom. The molecule has 1 fully saturated rings. The average molecular weight is 414 g/mol. The predicted molar refractivity (Wildman–Crippen MR) is 110 cm³/mol. The van der Waals surface area contributed by atoms with Gasteiger partial charge in [0.1, 0.15) is 12.4 Å². The first kappa shape index (κ1) is 23.2. The van der Waals surface area contributed by atoms with Crippen LogP contribution in [0.4, 0.5) is 5.69 Å². The van der Waals surface area contributed by atoms with Crippen molar-refractivity contribution in [2.75, 3.05) is 25.1 Å². The van der Waals surface area contributed by atoms with E-state index in [4.69, 9.17) is 15.2 Å². The lowest BCUT2D eigenvalue weighted by Crippen LogP contribution is -2.46. The van der Waals surface area contributed by atoms with Gasteiger partial charge in [0.25, 0.3) is 0 Å². The quantitative estimate of drug-likeness (QED) is 0.758. The predicted octanol–water partition coefficient (Wildman–Crippen LogP) is 3.20. The van der Waals surface area contributed by atoms with Crippen molar-refractivity contribution in [1.82, 2.24) is 4.98 Å². The molecule has 1 aromatic carbocycles. The van der Waals surface area contributed by atoms with E-state index in [1.165, 1.54) is 0 Å². The first-order valence-electron chi connectivity index (χ1n) is 8.43. The van der Waals surface area contributed by atoms with Crippen molar-refractivity contribution >= 4 is 36.4 Å². The zero-order valence-corrected chi connectivity index (χ0v) is 16.6. The van der Waals surface area contributed by atoms with E-state index >= 15 is 0 Å². The number of amides is 1. The van der Waals surface area contributed by atoms with E-state index in [1.54, 1.807) is 12.4 Å². The van der Waals surface area contributed by atoms with Gasteiger partial charge in [-0.2, -0.15) is 0 Å². The Kier molecular flexibility index (Phi) is 9.52. The Morgan fingerprint density at radius 1 is 1.22 bits per heavy atom. The van der Waals surface area contributed by atoms with Crippen LogP contribution < -0.4 is 15.8 Å². The van der Waals surface area contributed by atoms with Gasteiger partial charge in [-0.1, -0.05) is 12.1 Å². The minimum atomic E-state index is -0.551. The fourth-order valence-electron chi connectivity index (χ4n) is 2.86. The van der Waals surface area contributed by atoms with Gasteiger partial charge >= 0.3 is 0 Å². The van der Waals surface area contributed by atoms with Gasteiger partial charge in [0.15, 0.2) is 0 Å². The van der Waals surface area contributed by atoms with E-state index in [9.17, 15) is 4.79 Å². The molecule has 1 aliphatic rings. The first-order chi connectivity index (χ1) is 12.2. The van der Waals surface area contributed by atoms with Crippen molar-refractivity contribution < 1.29 is 14.3 Å². The summed E-state index contributed by atoms with van der Waals surface area (Å²) in [5.74, 6) is 0.637. The SMILES string of the molecule is Cl.Cl.NCC1(C(=O)Nc2cccc(OCc3cccnc3)c2)CCOCC1. The lowest BCUT2D eigenvalue weighted by molar-refractivity contribution is -0.130. The summed E-state index contributed by atoms with van der Waals surface area (Å²) in [5.41, 5.74) is 7.03. The number of pyridine rings is 1. The Morgan fingerprint density at radius 3 is 2.67 bits per heavy atom. The molecule has 2 aromatic rings. The highest BCUT2D eigenvalue weighted by Crippen LogP contribution is 2.31. The van der Waals surface area contributed by atoms with Crippen LogP contribution in [-0.2, 0) is 16.1 Å². The summed E-state index contributed by atoms with van der Waals surface area (Å²) in [6, 6.07) is 11.2. The number of nitrogens with two attached hydrogens (primary N) is 1. The number of rotatable bonds is 6. The summed E-state index contributed by atoms with van der Waals surface area (Å²) in [6.07, 6.45) is 4.78. The molecule has 1 aromatic heterocycles. The summed E-state index contributed by atoms with van der Waals surface area (Å²) in [4.78, 5) is 16.8. The van der Waals surface area contributed by atoms with Gasteiger partial charge in [-0.05, 0) is 31.0 Å². The standard InChI is InChI=1S/C19H23N3O3.2ClH/c20-14-19(6-9-24-10-7-19)18(23)22-16-4-1-5-17(11-16)25-13-15-3-2-8-21-12-15;;/h1-5,8,11-12H,6-7,9-10,13-14,20H2,(H,22,23);2*1H. The fraction of sp³-hybridized carbons (Fsp3) is 0.368. The molecule has 0 saturated carbocycles. The zero-order valence-electron chi connectivity index (χ0n) is 14.9. The summed E-state index contributed by atoms with van der Waals surface area (Å²) in [6.45, 7) is 1.88. The van der Waals surface area contributed by atoms with Crippen LogP contribution in [0.1, 0.15) is 18.4 Å². The molecule has 6 nitrogen and oxygen atoms in total. The van der Waals surface area contributed by atoms with Gasteiger partial charge in [-0.3, -0.25) is 9.78 Å². The van der Waals surface area contributed by atoms with E-state index < -0.39 is 5.41 Å². The first-order valence-corrected chi connectivity index (χ1v) is 8.43. The van der Waals surface area contributed by atoms with Crippen LogP contribution in [-0.4, -0.2) is 30.6 Å². The molecule has 0 aliphatic carbocycles. The van der Waals surface area contributed by atoms with Gasteiger partial charge in [0, 0.05) is 49.5 Å². The third kappa shape index (κ3) is 6.07. The largest absolute Gasteiger partial charge is 0.489 e. The average Bonchev–Trinajstić information content (AvgIpc) is 2.68. The van der Waals surface area contributed by atoms with Crippen LogP contribution in [0.3, 0.4) is 0 Å². The highest BCUT2D eigenvalue weighted by molar-refractivity contribution is 5.95. The lowest BCUT2D eigenvalue weighted by atomic mass is 9.79. The fourth-order valence-corrected chi connectivity index (χ4v) is 2.86. The maximum atomic E-state index is 12.7. The van der Waals surface area contributed by atoms with E-state index in [2.05, 4.69) is 10.3 Å². The summed E-state index contributed by atoms with van der Waals surface area (Å²) < 4.78 is 11.1. The van der Waals surface area contributed by atoms with Gasteiger partial charge in [-0.25, -0.2) is 0 Å². The molecule has 0 atom stereocenters. The van der Waals surface area contributed by atoms with Crippen molar-refractivity contribution in [2.24, 2.45) is 11.1 Å². The Bertz CT molecular complexity index is 710. The van der Waals surface area contributed by atoms with Crippen LogP contribution in [0.25, 0.3) is 0 Å². The van der Waals surface area contributed by atoms with Gasteiger partial charge in [-0.15, -0.1) is 24.8 Å². The van der Waals surface area contributed by atoms with E-state index in [-0.39, 0.29) is 30.7 Å². The molecule has 8 heteroatoms. The van der Waals surface area contributed by atoms with Crippen molar-refractivity contribution in [2.45, 2.75) is 19.4 Å². The van der Waals surface area contributed by atoms with Crippen LogP contribution >= 0.6 is 24.8 Å². The van der Waals surface area contributed by atoms with Gasteiger partial charge < -0.3 is 20.5 Å². The number of hydrogen-bond donors (Lipinski definition) is 2. The number of halogens is 2. The highest BCUT2D eigenvalue weighted by Gasteiger charge is 2.38. The van der Waals surface area contributed by atoms with Crippen LogP contribution in [0.15, 0.2) is 48.8 Å². The Labute approximate surface area is 171 Å². The smallest absolute Gasteiger partial charge is 0.232 e. The van der Waals surface area contributed by atoms with Crippen molar-refractivity contribution in [1.29, 1.82) is 0 Å². The number of aromatic nitrogens is 1. The number of nitrogens with zero attached hydrogens (tertiary/aromatic N) is 1. The Balaban J connectivity index is 0.00000182. The second-order valence-corrected chi connectivity index (χ2v) is 6.23. The molecule has 0 radical (unpaired) electrons. The molecular weight excluding hydrogens is 389 g/mol. The van der Waals surface area contributed by atoms with Crippen LogP contribution in [0.5, 0.6) is 5.75 Å². The topological polar surface area (TPSA) is 86.5 Å². The van der Waals surface area contributed by atoms with Crippen LogP contribution in [0.2, 0.25) is 0 Å². The molecule has 0 bridgehead atoms. The monoisotopic (exact) mass is 413 g/mol. The number of benzene rings is 1. The van der Waals surface area contributed by atoms with Crippen molar-refractivity contribution in [3.05, 3.63) is 54.4 Å². The minimum absolute atomic E-state index is 0. The molecular formula is C19H25Cl2N3O3. The maximum Gasteiger partial charge on any atom is 0.232 e. The molecule has 1 saturated heterocycles. The summed E-state index contributed by atoms with van der Waals surface area (Å²) >= 11 is 0. The van der Waals surface area contributed by atoms with Crippen molar-refractivity contribution in [3.8, 4) is 5.75 Å². The van der Waals surface area contributed by atoms with Crippen LogP contribution in [0, 0.1) is 5.41 Å². The third-order valence-electron chi connectivity index (χ3n) is 4.54. The molecule has 1 amide bonds. The summed E-state index contributed by atoms with van der Waals surface area (Å²) in [7, 11) is 0. The van der Waals surface area contributed by atoms with Gasteiger partial charge in [0.2, 0.25) is 5.91 Å². The minimum Gasteiger partial charge on any atom is -0.489 e.